The Morgan fingerprint density at radius 3 is 2.16 bits per heavy atom. The highest BCUT2D eigenvalue weighted by atomic mass is 15.3. The SMILES string of the molecule is c1ccc2c(c1)-c1ccccc1C21C2CNCCC2N2C3CCNCC3C3CCCC1C32. The van der Waals surface area contributed by atoms with Gasteiger partial charge in [-0.1, -0.05) is 55.0 Å². The molecule has 3 heteroatoms. The lowest BCUT2D eigenvalue weighted by atomic mass is 9.50. The van der Waals surface area contributed by atoms with Crippen molar-refractivity contribution in [2.24, 2.45) is 23.7 Å². The van der Waals surface area contributed by atoms with Crippen molar-refractivity contribution in [2.75, 3.05) is 26.2 Å². The minimum absolute atomic E-state index is 0.187. The molecule has 4 aliphatic heterocycles. The van der Waals surface area contributed by atoms with Crippen molar-refractivity contribution in [1.29, 1.82) is 0 Å². The van der Waals surface area contributed by atoms with Crippen LogP contribution in [0, 0.1) is 23.7 Å². The first-order valence-electron chi connectivity index (χ1n) is 13.3. The van der Waals surface area contributed by atoms with Gasteiger partial charge in [-0.25, -0.2) is 0 Å². The molecule has 0 aromatic heterocycles. The standard InChI is InChI=1S/C29H35N3/c1-3-9-22-18(6-1)19-7-2-4-10-23(19)29(22)24-11-5-8-20-21-16-30-14-12-26(21)32(28(20)24)27-13-15-31-17-25(27)29/h1-4,6-7,9-10,20-21,24-28,30-31H,5,8,11-17H2. The van der Waals surface area contributed by atoms with Gasteiger partial charge in [0.2, 0.25) is 0 Å². The Morgan fingerprint density at radius 1 is 0.688 bits per heavy atom. The predicted octanol–water partition coefficient (Wildman–Crippen LogP) is 4.02. The zero-order chi connectivity index (χ0) is 20.9. The van der Waals surface area contributed by atoms with Crippen LogP contribution in [0.5, 0.6) is 0 Å². The van der Waals surface area contributed by atoms with Crippen molar-refractivity contribution < 1.29 is 0 Å². The molecule has 2 aromatic rings. The van der Waals surface area contributed by atoms with Gasteiger partial charge in [0.1, 0.15) is 0 Å². The summed E-state index contributed by atoms with van der Waals surface area (Å²) in [7, 11) is 0. The Kier molecular flexibility index (Phi) is 3.91. The maximum absolute atomic E-state index is 3.88. The smallest absolute Gasteiger partial charge is 0.0313 e. The number of nitrogens with one attached hydrogen (secondary N) is 2. The molecule has 5 fully saturated rings. The van der Waals surface area contributed by atoms with E-state index in [2.05, 4.69) is 64.1 Å². The summed E-state index contributed by atoms with van der Waals surface area (Å²) in [4.78, 5) is 3.17. The third-order valence-corrected chi connectivity index (χ3v) is 10.7. The molecule has 7 unspecified atom stereocenters. The summed E-state index contributed by atoms with van der Waals surface area (Å²) < 4.78 is 0. The molecule has 166 valence electrons. The van der Waals surface area contributed by atoms with Gasteiger partial charge in [0.25, 0.3) is 0 Å². The van der Waals surface area contributed by atoms with E-state index in [0.29, 0.717) is 5.92 Å². The van der Waals surface area contributed by atoms with Gasteiger partial charge < -0.3 is 10.6 Å². The normalized spacial score (nSPS) is 40.8. The highest BCUT2D eigenvalue weighted by Crippen LogP contribution is 2.67. The van der Waals surface area contributed by atoms with Crippen LogP contribution in [0.25, 0.3) is 11.1 Å². The summed E-state index contributed by atoms with van der Waals surface area (Å²) in [5, 5.41) is 7.68. The molecule has 2 aromatic carbocycles. The Labute approximate surface area is 192 Å². The lowest BCUT2D eigenvalue weighted by Crippen LogP contribution is -2.70. The Hall–Kier alpha value is -1.68. The number of benzene rings is 2. The third kappa shape index (κ3) is 2.10. The maximum atomic E-state index is 3.88. The molecule has 0 bridgehead atoms. The first-order valence-corrected chi connectivity index (χ1v) is 13.3. The second kappa shape index (κ2) is 6.68. The van der Waals surface area contributed by atoms with Gasteiger partial charge >= 0.3 is 0 Å². The van der Waals surface area contributed by atoms with Crippen molar-refractivity contribution in [3.8, 4) is 11.1 Å². The van der Waals surface area contributed by atoms with Gasteiger partial charge in [0.15, 0.2) is 0 Å². The van der Waals surface area contributed by atoms with Crippen LogP contribution in [0.2, 0.25) is 0 Å². The molecule has 6 aliphatic rings. The average Bonchev–Trinajstić information content (AvgIpc) is 3.35. The lowest BCUT2D eigenvalue weighted by molar-refractivity contribution is -0.0809. The third-order valence-electron chi connectivity index (χ3n) is 10.7. The molecule has 4 saturated heterocycles. The molecule has 0 radical (unpaired) electrons. The van der Waals surface area contributed by atoms with Crippen molar-refractivity contribution >= 4 is 0 Å². The molecule has 3 nitrogen and oxygen atoms in total. The van der Waals surface area contributed by atoms with E-state index in [0.717, 1.165) is 35.9 Å². The van der Waals surface area contributed by atoms with Crippen LogP contribution in [0.4, 0.5) is 0 Å². The van der Waals surface area contributed by atoms with Crippen LogP contribution in [-0.2, 0) is 5.41 Å². The number of hydrogen-bond donors (Lipinski definition) is 2. The molecular weight excluding hydrogens is 390 g/mol. The second-order valence-corrected chi connectivity index (χ2v) is 11.5. The van der Waals surface area contributed by atoms with E-state index in [1.54, 1.807) is 11.1 Å². The molecule has 32 heavy (non-hydrogen) atoms. The topological polar surface area (TPSA) is 27.3 Å². The van der Waals surface area contributed by atoms with Gasteiger partial charge in [-0.2, -0.15) is 0 Å². The van der Waals surface area contributed by atoms with Crippen LogP contribution in [0.1, 0.15) is 43.2 Å². The number of rotatable bonds is 0. The summed E-state index contributed by atoms with van der Waals surface area (Å²) in [5.74, 6) is 3.18. The quantitative estimate of drug-likeness (QED) is 0.668. The Balaban J connectivity index is 1.41. The second-order valence-electron chi connectivity index (χ2n) is 11.5. The largest absolute Gasteiger partial charge is 0.316 e. The van der Waals surface area contributed by atoms with Crippen molar-refractivity contribution in [3.05, 3.63) is 59.7 Å². The van der Waals surface area contributed by atoms with Gasteiger partial charge in [-0.05, 0) is 85.3 Å². The first-order chi connectivity index (χ1) is 15.9. The molecule has 1 saturated carbocycles. The van der Waals surface area contributed by atoms with E-state index in [1.807, 2.05) is 0 Å². The van der Waals surface area contributed by atoms with Crippen LogP contribution in [0.3, 0.4) is 0 Å². The number of nitrogens with zero attached hydrogens (tertiary/aromatic N) is 1. The summed E-state index contributed by atoms with van der Waals surface area (Å²) in [6, 6.07) is 21.4. The average molecular weight is 426 g/mol. The molecule has 7 atom stereocenters. The maximum Gasteiger partial charge on any atom is 0.0313 e. The van der Waals surface area contributed by atoms with Gasteiger partial charge in [0.05, 0.1) is 0 Å². The number of hydrogen-bond acceptors (Lipinski definition) is 3. The van der Waals surface area contributed by atoms with E-state index < -0.39 is 0 Å². The van der Waals surface area contributed by atoms with Crippen molar-refractivity contribution in [2.45, 2.75) is 55.6 Å². The molecular formula is C29H35N3. The minimum atomic E-state index is 0.187. The summed E-state index contributed by atoms with van der Waals surface area (Å²) >= 11 is 0. The Morgan fingerprint density at radius 2 is 1.38 bits per heavy atom. The fraction of sp³-hybridized carbons (Fsp3) is 0.586. The minimum Gasteiger partial charge on any atom is -0.316 e. The summed E-state index contributed by atoms with van der Waals surface area (Å²) in [6.45, 7) is 4.83. The zero-order valence-electron chi connectivity index (χ0n) is 19.0. The number of piperidine rings is 3. The molecule has 8 rings (SSSR count). The zero-order valence-corrected chi connectivity index (χ0v) is 19.0. The van der Waals surface area contributed by atoms with Crippen molar-refractivity contribution in [3.63, 3.8) is 0 Å². The highest BCUT2D eigenvalue weighted by molar-refractivity contribution is 5.82. The van der Waals surface area contributed by atoms with Gasteiger partial charge in [-0.15, -0.1) is 0 Å². The van der Waals surface area contributed by atoms with Crippen LogP contribution in [0.15, 0.2) is 48.5 Å². The van der Waals surface area contributed by atoms with E-state index in [9.17, 15) is 0 Å². The molecule has 1 spiro atoms. The molecule has 2 aliphatic carbocycles. The summed E-state index contributed by atoms with van der Waals surface area (Å²) in [6.07, 6.45) is 6.95. The van der Waals surface area contributed by atoms with Crippen LogP contribution in [-0.4, -0.2) is 49.2 Å². The van der Waals surface area contributed by atoms with E-state index >= 15 is 0 Å². The van der Waals surface area contributed by atoms with Gasteiger partial charge in [-0.3, -0.25) is 4.90 Å². The predicted molar refractivity (Wildman–Crippen MR) is 129 cm³/mol. The molecule has 4 heterocycles. The fourth-order valence-corrected chi connectivity index (χ4v) is 10.0. The Bertz CT molecular complexity index is 1020. The highest BCUT2D eigenvalue weighted by Gasteiger charge is 2.68. The van der Waals surface area contributed by atoms with E-state index in [1.165, 1.54) is 69.4 Å². The van der Waals surface area contributed by atoms with E-state index in [4.69, 9.17) is 0 Å². The molecule has 2 N–H and O–H groups in total. The number of fused-ring (bicyclic) bond motifs is 12. The lowest BCUT2D eigenvalue weighted by Gasteiger charge is -2.63. The first kappa shape index (κ1) is 18.7. The summed E-state index contributed by atoms with van der Waals surface area (Å²) in [5.41, 5.74) is 6.57. The van der Waals surface area contributed by atoms with Crippen LogP contribution >= 0.6 is 0 Å². The fourth-order valence-electron chi connectivity index (χ4n) is 10.0. The monoisotopic (exact) mass is 425 g/mol. The van der Waals surface area contributed by atoms with E-state index in [-0.39, 0.29) is 5.41 Å². The van der Waals surface area contributed by atoms with Gasteiger partial charge in [0, 0.05) is 36.0 Å². The molecule has 0 amide bonds. The van der Waals surface area contributed by atoms with Crippen molar-refractivity contribution in [1.82, 2.24) is 15.5 Å². The van der Waals surface area contributed by atoms with Crippen LogP contribution < -0.4 is 10.6 Å².